The van der Waals surface area contributed by atoms with Crippen LogP contribution in [-0.4, -0.2) is 57.2 Å². The largest absolute Gasteiger partial charge is 0.315 e. The maximum Gasteiger partial charge on any atom is 0.211 e. The predicted octanol–water partition coefficient (Wildman–Crippen LogP) is -0.000400. The molecule has 0 aromatic heterocycles. The van der Waals surface area contributed by atoms with E-state index >= 15 is 0 Å². The van der Waals surface area contributed by atoms with Gasteiger partial charge in [0.1, 0.15) is 0 Å². The van der Waals surface area contributed by atoms with Gasteiger partial charge in [0.15, 0.2) is 0 Å². The van der Waals surface area contributed by atoms with Crippen LogP contribution in [0.1, 0.15) is 26.2 Å². The zero-order chi connectivity index (χ0) is 13.2. The highest BCUT2D eigenvalue weighted by Crippen LogP contribution is 2.20. The topological polar surface area (TPSA) is 61.4 Å². The first-order valence-electron chi connectivity index (χ1n) is 6.80. The van der Waals surface area contributed by atoms with Gasteiger partial charge in [0.25, 0.3) is 0 Å². The Hall–Kier alpha value is -0.170. The van der Waals surface area contributed by atoms with Gasteiger partial charge in [-0.05, 0) is 45.2 Å². The fourth-order valence-electron chi connectivity index (χ4n) is 2.85. The van der Waals surface area contributed by atoms with E-state index in [0.717, 1.165) is 38.9 Å². The van der Waals surface area contributed by atoms with Crippen LogP contribution in [0.25, 0.3) is 0 Å². The van der Waals surface area contributed by atoms with E-state index in [1.165, 1.54) is 6.26 Å². The summed E-state index contributed by atoms with van der Waals surface area (Å²) in [6.07, 6.45) is 4.57. The zero-order valence-electron chi connectivity index (χ0n) is 11.4. The van der Waals surface area contributed by atoms with Gasteiger partial charge >= 0.3 is 0 Å². The van der Waals surface area contributed by atoms with Gasteiger partial charge in [-0.15, -0.1) is 0 Å². The van der Waals surface area contributed by atoms with Crippen molar-refractivity contribution in [2.45, 2.75) is 31.7 Å². The summed E-state index contributed by atoms with van der Waals surface area (Å²) < 4.78 is 24.7. The normalized spacial score (nSPS) is 34.9. The van der Waals surface area contributed by atoms with E-state index in [2.05, 4.69) is 17.6 Å². The third kappa shape index (κ3) is 3.66. The van der Waals surface area contributed by atoms with Gasteiger partial charge in [0.05, 0.1) is 6.26 Å². The highest BCUT2D eigenvalue weighted by atomic mass is 32.2. The van der Waals surface area contributed by atoms with E-state index < -0.39 is 10.0 Å². The summed E-state index contributed by atoms with van der Waals surface area (Å²) in [4.78, 5) is 0. The first kappa shape index (κ1) is 14.2. The second-order valence-electron chi connectivity index (χ2n) is 6.00. The van der Waals surface area contributed by atoms with Gasteiger partial charge in [-0.25, -0.2) is 12.7 Å². The molecule has 0 saturated carbocycles. The molecule has 0 aliphatic carbocycles. The Morgan fingerprint density at radius 1 is 1.50 bits per heavy atom. The first-order valence-corrected chi connectivity index (χ1v) is 8.65. The molecule has 5 nitrogen and oxygen atoms in total. The van der Waals surface area contributed by atoms with Crippen LogP contribution in [0.3, 0.4) is 0 Å². The highest BCUT2D eigenvalue weighted by Gasteiger charge is 2.30. The summed E-state index contributed by atoms with van der Waals surface area (Å²) in [7, 11) is -3.02. The molecular weight excluding hydrogens is 250 g/mol. The van der Waals surface area contributed by atoms with Crippen LogP contribution in [-0.2, 0) is 10.0 Å². The van der Waals surface area contributed by atoms with Crippen molar-refractivity contribution >= 4 is 10.0 Å². The standard InChI is InChI=1S/C12H25N3O2S/c1-12(5-6-13-10-12)14-8-11-4-3-7-15(9-11)18(2,16)17/h11,13-14H,3-10H2,1-2H3. The lowest BCUT2D eigenvalue weighted by Crippen LogP contribution is -2.49. The van der Waals surface area contributed by atoms with Gasteiger partial charge in [-0.1, -0.05) is 0 Å². The maximum atomic E-state index is 11.6. The molecule has 2 rings (SSSR count). The van der Waals surface area contributed by atoms with Crippen molar-refractivity contribution in [3.05, 3.63) is 0 Å². The number of nitrogens with zero attached hydrogens (tertiary/aromatic N) is 1. The molecule has 2 heterocycles. The van der Waals surface area contributed by atoms with Gasteiger partial charge in [0.2, 0.25) is 10.0 Å². The molecule has 0 spiro atoms. The Morgan fingerprint density at radius 3 is 2.89 bits per heavy atom. The monoisotopic (exact) mass is 275 g/mol. The lowest BCUT2D eigenvalue weighted by molar-refractivity contribution is 0.241. The van der Waals surface area contributed by atoms with Crippen LogP contribution in [0.5, 0.6) is 0 Å². The van der Waals surface area contributed by atoms with E-state index in [-0.39, 0.29) is 5.54 Å². The predicted molar refractivity (Wildman–Crippen MR) is 73.0 cm³/mol. The van der Waals surface area contributed by atoms with Crippen molar-refractivity contribution in [3.8, 4) is 0 Å². The second-order valence-corrected chi connectivity index (χ2v) is 7.98. The fraction of sp³-hybridized carbons (Fsp3) is 1.00. The molecule has 0 radical (unpaired) electrons. The lowest BCUT2D eigenvalue weighted by atomic mass is 9.96. The molecule has 18 heavy (non-hydrogen) atoms. The summed E-state index contributed by atoms with van der Waals surface area (Å²) in [6, 6.07) is 0. The first-order chi connectivity index (χ1) is 8.39. The van der Waals surface area contributed by atoms with Gasteiger partial charge in [-0.2, -0.15) is 0 Å². The average molecular weight is 275 g/mol. The summed E-state index contributed by atoms with van der Waals surface area (Å²) in [5, 5.41) is 6.98. The second kappa shape index (κ2) is 5.45. The molecular formula is C12H25N3O2S. The molecule has 0 bridgehead atoms. The molecule has 2 saturated heterocycles. The van der Waals surface area contributed by atoms with Crippen molar-refractivity contribution in [3.63, 3.8) is 0 Å². The van der Waals surface area contributed by atoms with E-state index in [9.17, 15) is 8.42 Å². The van der Waals surface area contributed by atoms with Crippen molar-refractivity contribution in [1.82, 2.24) is 14.9 Å². The Labute approximate surface area is 110 Å². The van der Waals surface area contributed by atoms with Crippen LogP contribution in [0, 0.1) is 5.92 Å². The number of piperidine rings is 1. The van der Waals surface area contributed by atoms with E-state index in [1.807, 2.05) is 0 Å². The Kier molecular flexibility index (Phi) is 4.31. The lowest BCUT2D eigenvalue weighted by Gasteiger charge is -2.34. The third-order valence-corrected chi connectivity index (χ3v) is 5.41. The van der Waals surface area contributed by atoms with E-state index in [0.29, 0.717) is 19.0 Å². The van der Waals surface area contributed by atoms with Crippen LogP contribution in [0.2, 0.25) is 0 Å². The smallest absolute Gasteiger partial charge is 0.211 e. The Morgan fingerprint density at radius 2 is 2.28 bits per heavy atom. The van der Waals surface area contributed by atoms with Crippen LogP contribution < -0.4 is 10.6 Å². The summed E-state index contributed by atoms with van der Waals surface area (Å²) in [5.41, 5.74) is 0.188. The minimum atomic E-state index is -3.02. The number of sulfonamides is 1. The molecule has 2 fully saturated rings. The molecule has 106 valence electrons. The van der Waals surface area contributed by atoms with Crippen LogP contribution in [0.4, 0.5) is 0 Å². The number of nitrogens with one attached hydrogen (secondary N) is 2. The molecule has 0 aromatic rings. The third-order valence-electron chi connectivity index (χ3n) is 4.14. The molecule has 0 amide bonds. The van der Waals surface area contributed by atoms with Gasteiger partial charge < -0.3 is 10.6 Å². The molecule has 0 aromatic carbocycles. The molecule has 6 heteroatoms. The van der Waals surface area contributed by atoms with Crippen molar-refractivity contribution in [2.75, 3.05) is 39.0 Å². The van der Waals surface area contributed by atoms with Gasteiger partial charge in [0, 0.05) is 25.2 Å². The molecule has 2 aliphatic rings. The number of hydrogen-bond donors (Lipinski definition) is 2. The maximum absolute atomic E-state index is 11.6. The zero-order valence-corrected chi connectivity index (χ0v) is 12.2. The van der Waals surface area contributed by atoms with Crippen molar-refractivity contribution in [1.29, 1.82) is 0 Å². The van der Waals surface area contributed by atoms with Gasteiger partial charge in [-0.3, -0.25) is 0 Å². The minimum Gasteiger partial charge on any atom is -0.315 e. The van der Waals surface area contributed by atoms with Crippen molar-refractivity contribution in [2.24, 2.45) is 5.92 Å². The average Bonchev–Trinajstić information content (AvgIpc) is 2.74. The molecule has 2 N–H and O–H groups in total. The van der Waals surface area contributed by atoms with Crippen LogP contribution in [0.15, 0.2) is 0 Å². The molecule has 2 aliphatic heterocycles. The molecule has 2 atom stereocenters. The number of rotatable bonds is 4. The fourth-order valence-corrected chi connectivity index (χ4v) is 3.80. The van der Waals surface area contributed by atoms with E-state index in [1.54, 1.807) is 4.31 Å². The minimum absolute atomic E-state index is 0.188. The number of hydrogen-bond acceptors (Lipinski definition) is 4. The quantitative estimate of drug-likeness (QED) is 0.758. The summed E-state index contributed by atoms with van der Waals surface area (Å²) in [5.74, 6) is 0.450. The Balaban J connectivity index is 1.83. The van der Waals surface area contributed by atoms with Crippen LogP contribution >= 0.6 is 0 Å². The SMILES string of the molecule is CC1(NCC2CCCN(S(C)(=O)=O)C2)CCNC1. The molecule has 2 unspecified atom stereocenters. The summed E-state index contributed by atoms with van der Waals surface area (Å²) in [6.45, 7) is 6.61. The van der Waals surface area contributed by atoms with E-state index in [4.69, 9.17) is 0 Å². The highest BCUT2D eigenvalue weighted by molar-refractivity contribution is 7.88. The van der Waals surface area contributed by atoms with Crippen molar-refractivity contribution < 1.29 is 8.42 Å². The summed E-state index contributed by atoms with van der Waals surface area (Å²) >= 11 is 0. The Bertz CT molecular complexity index is 377.